The lowest BCUT2D eigenvalue weighted by Gasteiger charge is -2.10. The van der Waals surface area contributed by atoms with E-state index in [1.54, 1.807) is 14.1 Å². The highest BCUT2D eigenvalue weighted by Gasteiger charge is 2.17. The molecule has 0 aliphatic heterocycles. The quantitative estimate of drug-likeness (QED) is 0.0905. The first-order valence-corrected chi connectivity index (χ1v) is 16.3. The highest BCUT2D eigenvalue weighted by Crippen LogP contribution is 2.20. The SMILES string of the molecule is C=C(C(=O)NC)c1ccccc1CO/N=C(\C)c1cccc(C)c1.COc1nn(C)c(=O)n1-c1ccccc1CO/N=C(\C)c1cccc(C)c1. The minimum atomic E-state index is -0.293. The van der Waals surface area contributed by atoms with Crippen LogP contribution in [-0.2, 0) is 34.7 Å². The summed E-state index contributed by atoms with van der Waals surface area (Å²) < 4.78 is 7.88. The number of ether oxygens (including phenoxy) is 1. The minimum absolute atomic E-state index is 0.207. The molecule has 0 spiro atoms. The van der Waals surface area contributed by atoms with Crippen LogP contribution in [-0.4, -0.2) is 45.8 Å². The first-order valence-electron chi connectivity index (χ1n) is 16.3. The summed E-state index contributed by atoms with van der Waals surface area (Å²) in [5.41, 5.74) is 9.16. The Kier molecular flexibility index (Phi) is 13.2. The number of carbonyl (C=O) groups is 1. The number of carbonyl (C=O) groups excluding carboxylic acids is 1. The third-order valence-corrected chi connectivity index (χ3v) is 7.87. The number of nitrogens with one attached hydrogen (secondary N) is 1. The number of likely N-dealkylation sites (N-methyl/N-ethyl adjacent to an activating group) is 1. The summed E-state index contributed by atoms with van der Waals surface area (Å²) in [5.74, 6) is -0.207. The Labute approximate surface area is 298 Å². The summed E-state index contributed by atoms with van der Waals surface area (Å²) in [5, 5.41) is 15.1. The van der Waals surface area contributed by atoms with Gasteiger partial charge in [-0.05, 0) is 56.0 Å². The van der Waals surface area contributed by atoms with Crippen molar-refractivity contribution in [2.24, 2.45) is 17.4 Å². The Bertz CT molecular complexity index is 2110. The molecule has 1 heterocycles. The zero-order valence-corrected chi connectivity index (χ0v) is 30.1. The van der Waals surface area contributed by atoms with Gasteiger partial charge in [0.25, 0.3) is 5.91 Å². The van der Waals surface area contributed by atoms with E-state index in [2.05, 4.69) is 39.4 Å². The standard InChI is InChI=1S/C20H22N4O3.C20H22N2O2/c1-14-8-7-10-16(12-14)15(2)22-27-13-17-9-5-6-11-18(17)24-19(26-4)21-23(3)20(24)25;1-14-8-7-10-17(12-14)16(3)22-24-13-18-9-5-6-11-19(18)15(2)20(23)21-4/h5-12H,13H2,1-4H3;5-12H,2,13H2,1,3-4H3,(H,21,23)/b22-15+;22-16+. The molecular formula is C40H44N6O5. The van der Waals surface area contributed by atoms with Gasteiger partial charge in [-0.25, -0.2) is 14.0 Å². The number of aryl methyl sites for hydroxylation is 3. The normalized spacial score (nSPS) is 11.3. The van der Waals surface area contributed by atoms with Gasteiger partial charge >= 0.3 is 11.7 Å². The van der Waals surface area contributed by atoms with Crippen LogP contribution >= 0.6 is 0 Å². The second-order valence-corrected chi connectivity index (χ2v) is 11.7. The van der Waals surface area contributed by atoms with Crippen molar-refractivity contribution in [3.63, 3.8) is 0 Å². The number of benzene rings is 4. The van der Waals surface area contributed by atoms with E-state index in [0.717, 1.165) is 44.8 Å². The molecule has 11 heteroatoms. The average molecular weight is 689 g/mol. The van der Waals surface area contributed by atoms with Crippen LogP contribution in [0.5, 0.6) is 6.01 Å². The molecule has 1 amide bonds. The van der Waals surface area contributed by atoms with Gasteiger partial charge in [0.15, 0.2) is 0 Å². The molecule has 0 aliphatic carbocycles. The van der Waals surface area contributed by atoms with Crippen molar-refractivity contribution in [1.29, 1.82) is 0 Å². The van der Waals surface area contributed by atoms with Gasteiger partial charge in [-0.3, -0.25) is 4.79 Å². The topological polar surface area (TPSA) is 121 Å². The maximum absolute atomic E-state index is 12.4. The summed E-state index contributed by atoms with van der Waals surface area (Å²) in [4.78, 5) is 35.3. The van der Waals surface area contributed by atoms with Crippen LogP contribution in [0.2, 0.25) is 0 Å². The van der Waals surface area contributed by atoms with E-state index in [-0.39, 0.29) is 30.8 Å². The molecule has 5 rings (SSSR count). The number of aromatic nitrogens is 3. The Hall–Kier alpha value is -6.23. The first-order chi connectivity index (χ1) is 24.5. The molecule has 0 aliphatic rings. The molecule has 0 saturated heterocycles. The van der Waals surface area contributed by atoms with Gasteiger partial charge in [0.1, 0.15) is 13.2 Å². The van der Waals surface area contributed by atoms with Crippen molar-refractivity contribution in [1.82, 2.24) is 19.7 Å². The smallest absolute Gasteiger partial charge is 0.353 e. The zero-order chi connectivity index (χ0) is 36.9. The molecule has 11 nitrogen and oxygen atoms in total. The maximum Gasteiger partial charge on any atom is 0.353 e. The first kappa shape index (κ1) is 37.6. The predicted octanol–water partition coefficient (Wildman–Crippen LogP) is 6.52. The van der Waals surface area contributed by atoms with Crippen LogP contribution in [0.15, 0.2) is 119 Å². The number of para-hydroxylation sites is 1. The number of amides is 1. The third kappa shape index (κ3) is 9.91. The van der Waals surface area contributed by atoms with E-state index in [0.29, 0.717) is 11.3 Å². The van der Waals surface area contributed by atoms with E-state index >= 15 is 0 Å². The Morgan fingerprint density at radius 1 is 0.804 bits per heavy atom. The van der Waals surface area contributed by atoms with Gasteiger partial charge in [-0.15, -0.1) is 5.10 Å². The van der Waals surface area contributed by atoms with Gasteiger partial charge in [-0.1, -0.05) is 119 Å². The van der Waals surface area contributed by atoms with Gasteiger partial charge in [0, 0.05) is 25.2 Å². The van der Waals surface area contributed by atoms with Crippen molar-refractivity contribution in [2.75, 3.05) is 14.2 Å². The molecular weight excluding hydrogens is 644 g/mol. The Balaban J connectivity index is 0.000000230. The average Bonchev–Trinajstić information content (AvgIpc) is 3.43. The molecule has 0 atom stereocenters. The summed E-state index contributed by atoms with van der Waals surface area (Å²) in [7, 11) is 4.64. The molecule has 264 valence electrons. The van der Waals surface area contributed by atoms with E-state index in [4.69, 9.17) is 14.4 Å². The van der Waals surface area contributed by atoms with Gasteiger partial charge in [0.2, 0.25) is 0 Å². The Morgan fingerprint density at radius 3 is 1.88 bits per heavy atom. The van der Waals surface area contributed by atoms with E-state index in [1.165, 1.54) is 21.9 Å². The second kappa shape index (κ2) is 18.0. The Morgan fingerprint density at radius 2 is 1.33 bits per heavy atom. The largest absolute Gasteiger partial charge is 0.467 e. The molecule has 4 aromatic carbocycles. The summed E-state index contributed by atoms with van der Waals surface area (Å²) >= 11 is 0. The van der Waals surface area contributed by atoms with Crippen LogP contribution < -0.4 is 15.7 Å². The van der Waals surface area contributed by atoms with Crippen LogP contribution in [0.25, 0.3) is 11.3 Å². The monoisotopic (exact) mass is 688 g/mol. The van der Waals surface area contributed by atoms with Crippen LogP contribution in [0.4, 0.5) is 0 Å². The molecule has 0 unspecified atom stereocenters. The number of methoxy groups -OCH3 is 1. The van der Waals surface area contributed by atoms with E-state index < -0.39 is 0 Å². The fraction of sp³-hybridized carbons (Fsp3) is 0.225. The number of oxime groups is 2. The van der Waals surface area contributed by atoms with Crippen LogP contribution in [0.1, 0.15) is 52.8 Å². The molecule has 0 radical (unpaired) electrons. The highest BCUT2D eigenvalue weighted by molar-refractivity contribution is 6.19. The lowest BCUT2D eigenvalue weighted by atomic mass is 10.0. The number of nitrogens with zero attached hydrogens (tertiary/aromatic N) is 5. The lowest BCUT2D eigenvalue weighted by Crippen LogP contribution is -2.22. The van der Waals surface area contributed by atoms with Gasteiger partial charge in [0.05, 0.1) is 24.2 Å². The van der Waals surface area contributed by atoms with Crippen molar-refractivity contribution >= 4 is 22.9 Å². The third-order valence-electron chi connectivity index (χ3n) is 7.87. The highest BCUT2D eigenvalue weighted by atomic mass is 16.6. The molecule has 5 aromatic rings. The molecule has 1 aromatic heterocycles. The van der Waals surface area contributed by atoms with E-state index in [9.17, 15) is 9.59 Å². The van der Waals surface area contributed by atoms with Gasteiger partial charge in [-0.2, -0.15) is 0 Å². The van der Waals surface area contributed by atoms with Crippen molar-refractivity contribution in [3.05, 3.63) is 153 Å². The fourth-order valence-corrected chi connectivity index (χ4v) is 5.09. The summed E-state index contributed by atoms with van der Waals surface area (Å²) in [6.45, 7) is 12.2. The van der Waals surface area contributed by atoms with Crippen LogP contribution in [0, 0.1) is 13.8 Å². The van der Waals surface area contributed by atoms with Gasteiger partial charge < -0.3 is 19.7 Å². The molecule has 0 fully saturated rings. The van der Waals surface area contributed by atoms with Crippen LogP contribution in [0.3, 0.4) is 0 Å². The molecule has 1 N–H and O–H groups in total. The minimum Gasteiger partial charge on any atom is -0.467 e. The number of hydrogen-bond acceptors (Lipinski definition) is 8. The molecule has 0 saturated carbocycles. The van der Waals surface area contributed by atoms with Crippen molar-refractivity contribution < 1.29 is 19.2 Å². The van der Waals surface area contributed by atoms with Crippen molar-refractivity contribution in [3.8, 4) is 11.7 Å². The predicted molar refractivity (Wildman–Crippen MR) is 201 cm³/mol. The number of rotatable bonds is 12. The number of hydrogen-bond donors (Lipinski definition) is 1. The van der Waals surface area contributed by atoms with E-state index in [1.807, 2.05) is 113 Å². The lowest BCUT2D eigenvalue weighted by molar-refractivity contribution is -0.115. The summed E-state index contributed by atoms with van der Waals surface area (Å²) in [6.07, 6.45) is 0. The van der Waals surface area contributed by atoms with Crippen molar-refractivity contribution in [2.45, 2.75) is 40.9 Å². The fourth-order valence-electron chi connectivity index (χ4n) is 5.09. The molecule has 0 bridgehead atoms. The maximum atomic E-state index is 12.4. The second-order valence-electron chi connectivity index (χ2n) is 11.7. The molecule has 51 heavy (non-hydrogen) atoms. The zero-order valence-electron chi connectivity index (χ0n) is 30.1. The summed E-state index contributed by atoms with van der Waals surface area (Å²) in [6, 6.07) is 31.3.